The molecule has 0 amide bonds. The van der Waals surface area contributed by atoms with Crippen LogP contribution in [0.3, 0.4) is 0 Å². The van der Waals surface area contributed by atoms with Crippen LogP contribution in [0.1, 0.15) is 17.3 Å². The Morgan fingerprint density at radius 1 is 1.17 bits per heavy atom. The third kappa shape index (κ3) is 3.36. The molecule has 0 spiro atoms. The van der Waals surface area contributed by atoms with Gasteiger partial charge >= 0.3 is 0 Å². The number of benzene rings is 1. The van der Waals surface area contributed by atoms with E-state index in [4.69, 9.17) is 9.47 Å². The fourth-order valence-corrected chi connectivity index (χ4v) is 3.24. The SMILES string of the molecule is c1ccc(CCNCC2CNNC2c2ccc3c(c2)OCO3)nc1. The summed E-state index contributed by atoms with van der Waals surface area (Å²) in [5, 5.41) is 3.55. The molecule has 1 aromatic heterocycles. The van der Waals surface area contributed by atoms with Crippen LogP contribution in [0.2, 0.25) is 0 Å². The summed E-state index contributed by atoms with van der Waals surface area (Å²) in [4.78, 5) is 4.35. The van der Waals surface area contributed by atoms with Gasteiger partial charge in [0.15, 0.2) is 11.5 Å². The van der Waals surface area contributed by atoms with Crippen molar-refractivity contribution in [2.24, 2.45) is 5.92 Å². The van der Waals surface area contributed by atoms with E-state index in [1.54, 1.807) is 0 Å². The van der Waals surface area contributed by atoms with Gasteiger partial charge < -0.3 is 14.8 Å². The maximum atomic E-state index is 5.49. The van der Waals surface area contributed by atoms with E-state index in [9.17, 15) is 0 Å². The van der Waals surface area contributed by atoms with Gasteiger partial charge in [0, 0.05) is 43.9 Å². The third-order valence-electron chi connectivity index (χ3n) is 4.54. The van der Waals surface area contributed by atoms with E-state index >= 15 is 0 Å². The summed E-state index contributed by atoms with van der Waals surface area (Å²) in [6.45, 7) is 3.14. The average molecular weight is 326 g/mol. The average Bonchev–Trinajstić information content (AvgIpc) is 3.28. The van der Waals surface area contributed by atoms with Gasteiger partial charge in [0.05, 0.1) is 6.04 Å². The zero-order valence-corrected chi connectivity index (χ0v) is 13.5. The zero-order valence-electron chi connectivity index (χ0n) is 13.5. The quantitative estimate of drug-likeness (QED) is 0.698. The first-order valence-electron chi connectivity index (χ1n) is 8.39. The topological polar surface area (TPSA) is 67.4 Å². The Kier molecular flexibility index (Phi) is 4.60. The number of ether oxygens (including phenoxy) is 2. The number of hydrazine groups is 1. The van der Waals surface area contributed by atoms with Crippen LogP contribution in [0.5, 0.6) is 11.5 Å². The van der Waals surface area contributed by atoms with E-state index < -0.39 is 0 Å². The van der Waals surface area contributed by atoms with Crippen LogP contribution in [0.25, 0.3) is 0 Å². The van der Waals surface area contributed by atoms with Crippen molar-refractivity contribution >= 4 is 0 Å². The molecule has 2 atom stereocenters. The Bertz CT molecular complexity index is 680. The highest BCUT2D eigenvalue weighted by atomic mass is 16.7. The Hall–Kier alpha value is -2.15. The zero-order chi connectivity index (χ0) is 16.2. The summed E-state index contributed by atoms with van der Waals surface area (Å²) in [6.07, 6.45) is 2.79. The largest absolute Gasteiger partial charge is 0.454 e. The molecule has 126 valence electrons. The Morgan fingerprint density at radius 3 is 3.04 bits per heavy atom. The molecule has 24 heavy (non-hydrogen) atoms. The standard InChI is InChI=1S/C18H22N4O2/c1-2-7-20-15(3-1)6-8-19-10-14-11-21-22-18(14)13-4-5-16-17(9-13)24-12-23-16/h1-5,7,9,14,18-19,21-22H,6,8,10-12H2. The van der Waals surface area contributed by atoms with Crippen molar-refractivity contribution in [2.45, 2.75) is 12.5 Å². The van der Waals surface area contributed by atoms with Crippen molar-refractivity contribution in [1.82, 2.24) is 21.2 Å². The summed E-state index contributed by atoms with van der Waals surface area (Å²) < 4.78 is 10.9. The number of hydrogen-bond donors (Lipinski definition) is 3. The molecule has 0 radical (unpaired) electrons. The monoisotopic (exact) mass is 326 g/mol. The molecule has 6 nitrogen and oxygen atoms in total. The molecule has 1 saturated heterocycles. The van der Waals surface area contributed by atoms with Crippen LogP contribution < -0.4 is 25.6 Å². The van der Waals surface area contributed by atoms with Crippen molar-refractivity contribution in [2.75, 3.05) is 26.4 Å². The molecule has 1 aromatic carbocycles. The minimum atomic E-state index is 0.266. The molecule has 3 heterocycles. The normalized spacial score (nSPS) is 22.0. The molecule has 0 saturated carbocycles. The van der Waals surface area contributed by atoms with Gasteiger partial charge in [-0.15, -0.1) is 0 Å². The van der Waals surface area contributed by atoms with Crippen molar-refractivity contribution in [3.63, 3.8) is 0 Å². The first-order chi connectivity index (χ1) is 11.9. The van der Waals surface area contributed by atoms with Gasteiger partial charge in [-0.3, -0.25) is 10.4 Å². The van der Waals surface area contributed by atoms with Crippen molar-refractivity contribution in [3.05, 3.63) is 53.9 Å². The van der Waals surface area contributed by atoms with Crippen molar-refractivity contribution in [1.29, 1.82) is 0 Å². The number of rotatable bonds is 6. The minimum absolute atomic E-state index is 0.266. The third-order valence-corrected chi connectivity index (χ3v) is 4.54. The van der Waals surface area contributed by atoms with Gasteiger partial charge in [0.2, 0.25) is 6.79 Å². The number of hydrogen-bond acceptors (Lipinski definition) is 6. The van der Waals surface area contributed by atoms with Crippen LogP contribution in [0, 0.1) is 5.92 Å². The number of nitrogens with zero attached hydrogens (tertiary/aromatic N) is 1. The maximum Gasteiger partial charge on any atom is 0.231 e. The molecule has 2 aromatic rings. The van der Waals surface area contributed by atoms with Gasteiger partial charge in [0.1, 0.15) is 0 Å². The van der Waals surface area contributed by atoms with E-state index in [0.717, 1.165) is 43.2 Å². The minimum Gasteiger partial charge on any atom is -0.454 e. The predicted molar refractivity (Wildman–Crippen MR) is 90.7 cm³/mol. The van der Waals surface area contributed by atoms with E-state index in [-0.39, 0.29) is 6.04 Å². The van der Waals surface area contributed by atoms with E-state index in [2.05, 4.69) is 39.4 Å². The number of aromatic nitrogens is 1. The summed E-state index contributed by atoms with van der Waals surface area (Å²) in [5.74, 6) is 2.15. The smallest absolute Gasteiger partial charge is 0.231 e. The summed E-state index contributed by atoms with van der Waals surface area (Å²) in [7, 11) is 0. The molecule has 2 aliphatic heterocycles. The summed E-state index contributed by atoms with van der Waals surface area (Å²) in [5.41, 5.74) is 8.99. The number of pyridine rings is 1. The van der Waals surface area contributed by atoms with Gasteiger partial charge in [-0.2, -0.15) is 0 Å². The van der Waals surface area contributed by atoms with Gasteiger partial charge in [-0.05, 0) is 29.8 Å². The molecule has 2 aliphatic rings. The molecule has 2 unspecified atom stereocenters. The van der Waals surface area contributed by atoms with Crippen molar-refractivity contribution < 1.29 is 9.47 Å². The molecule has 0 bridgehead atoms. The van der Waals surface area contributed by atoms with E-state index in [1.807, 2.05) is 24.4 Å². The van der Waals surface area contributed by atoms with Crippen LogP contribution in [0.4, 0.5) is 0 Å². The Balaban J connectivity index is 1.32. The van der Waals surface area contributed by atoms with Gasteiger partial charge in [-0.1, -0.05) is 12.1 Å². The number of nitrogens with one attached hydrogen (secondary N) is 3. The summed E-state index contributed by atoms with van der Waals surface area (Å²) >= 11 is 0. The second-order valence-electron chi connectivity index (χ2n) is 6.15. The molecule has 4 rings (SSSR count). The lowest BCUT2D eigenvalue weighted by Crippen LogP contribution is -2.30. The maximum absolute atomic E-state index is 5.49. The van der Waals surface area contributed by atoms with Crippen LogP contribution in [0.15, 0.2) is 42.6 Å². The summed E-state index contributed by atoms with van der Waals surface area (Å²) in [6, 6.07) is 12.5. The van der Waals surface area contributed by atoms with Crippen molar-refractivity contribution in [3.8, 4) is 11.5 Å². The number of fused-ring (bicyclic) bond motifs is 1. The molecule has 0 aliphatic carbocycles. The van der Waals surface area contributed by atoms with Gasteiger partial charge in [0.25, 0.3) is 0 Å². The highest BCUT2D eigenvalue weighted by molar-refractivity contribution is 5.45. The highest BCUT2D eigenvalue weighted by Gasteiger charge is 2.29. The molecule has 6 heteroatoms. The fourth-order valence-electron chi connectivity index (χ4n) is 3.24. The highest BCUT2D eigenvalue weighted by Crippen LogP contribution is 2.36. The van der Waals surface area contributed by atoms with Gasteiger partial charge in [-0.25, -0.2) is 5.43 Å². The second kappa shape index (κ2) is 7.17. The lowest BCUT2D eigenvalue weighted by atomic mass is 9.94. The first kappa shape index (κ1) is 15.4. The fraction of sp³-hybridized carbons (Fsp3) is 0.389. The second-order valence-corrected chi connectivity index (χ2v) is 6.15. The lowest BCUT2D eigenvalue weighted by Gasteiger charge is -2.19. The lowest BCUT2D eigenvalue weighted by molar-refractivity contribution is 0.174. The van der Waals surface area contributed by atoms with Crippen LogP contribution in [-0.2, 0) is 6.42 Å². The van der Waals surface area contributed by atoms with Crippen LogP contribution in [-0.4, -0.2) is 31.4 Å². The van der Waals surface area contributed by atoms with E-state index in [1.165, 1.54) is 5.56 Å². The molecular weight excluding hydrogens is 304 g/mol. The first-order valence-corrected chi connectivity index (χ1v) is 8.39. The van der Waals surface area contributed by atoms with Crippen LogP contribution >= 0.6 is 0 Å². The Morgan fingerprint density at radius 2 is 2.12 bits per heavy atom. The Labute approximate surface area is 141 Å². The predicted octanol–water partition coefficient (Wildman–Crippen LogP) is 1.41. The molecule has 3 N–H and O–H groups in total. The molecule has 1 fully saturated rings. The molecular formula is C18H22N4O2. The van der Waals surface area contributed by atoms with E-state index in [0.29, 0.717) is 12.7 Å².